The molecular weight excluding hydrogens is 300 g/mol. The lowest BCUT2D eigenvalue weighted by Gasteiger charge is -2.16. The molecule has 2 aliphatic rings. The Morgan fingerprint density at radius 1 is 1.38 bits per heavy atom. The van der Waals surface area contributed by atoms with Crippen LogP contribution in [0.5, 0.6) is 0 Å². The molecule has 5 heteroatoms. The van der Waals surface area contributed by atoms with Crippen molar-refractivity contribution in [1.29, 1.82) is 0 Å². The number of rotatable bonds is 4. The van der Waals surface area contributed by atoms with Crippen molar-refractivity contribution in [3.63, 3.8) is 0 Å². The maximum Gasteiger partial charge on any atom is 0.266 e. The third-order valence-electron chi connectivity index (χ3n) is 3.85. The van der Waals surface area contributed by atoms with Crippen molar-refractivity contribution < 1.29 is 4.79 Å². The Morgan fingerprint density at radius 3 is 2.67 bits per heavy atom. The SMILES string of the molecule is CCCCN1C(=O)/C(=C\C=C2/CC(C)(C)CN2C)SC1=S. The van der Waals surface area contributed by atoms with Crippen molar-refractivity contribution in [2.75, 3.05) is 20.1 Å². The Labute approximate surface area is 137 Å². The first kappa shape index (κ1) is 16.6. The average Bonchev–Trinajstić information content (AvgIpc) is 2.81. The highest BCUT2D eigenvalue weighted by atomic mass is 32.2. The van der Waals surface area contributed by atoms with E-state index < -0.39 is 0 Å². The number of carbonyl (C=O) groups excluding carboxylic acids is 1. The van der Waals surface area contributed by atoms with Gasteiger partial charge in [-0.05, 0) is 30.4 Å². The number of likely N-dealkylation sites (tertiary alicyclic amines) is 1. The highest BCUT2D eigenvalue weighted by Crippen LogP contribution is 2.36. The molecule has 0 aromatic rings. The van der Waals surface area contributed by atoms with E-state index in [4.69, 9.17) is 12.2 Å². The molecule has 2 saturated heterocycles. The van der Waals surface area contributed by atoms with Crippen molar-refractivity contribution in [3.8, 4) is 0 Å². The number of thiocarbonyl (C=S) groups is 1. The molecule has 0 aromatic heterocycles. The van der Waals surface area contributed by atoms with Gasteiger partial charge in [0.1, 0.15) is 4.32 Å². The predicted molar refractivity (Wildman–Crippen MR) is 94.0 cm³/mol. The van der Waals surface area contributed by atoms with Crippen molar-refractivity contribution in [1.82, 2.24) is 9.80 Å². The van der Waals surface area contributed by atoms with Crippen LogP contribution in [-0.2, 0) is 4.79 Å². The van der Waals surface area contributed by atoms with E-state index in [2.05, 4.69) is 38.8 Å². The quantitative estimate of drug-likeness (QED) is 0.580. The van der Waals surface area contributed by atoms with Crippen LogP contribution in [0.3, 0.4) is 0 Å². The van der Waals surface area contributed by atoms with Crippen LogP contribution >= 0.6 is 24.0 Å². The highest BCUT2D eigenvalue weighted by molar-refractivity contribution is 8.26. The van der Waals surface area contributed by atoms with Crippen LogP contribution in [0.2, 0.25) is 0 Å². The summed E-state index contributed by atoms with van der Waals surface area (Å²) in [6.45, 7) is 8.46. The number of allylic oxidation sites excluding steroid dienone is 3. The number of thioether (sulfide) groups is 1. The number of unbranched alkanes of at least 4 members (excludes halogenated alkanes) is 1. The van der Waals surface area contributed by atoms with Crippen LogP contribution in [0.25, 0.3) is 0 Å². The van der Waals surface area contributed by atoms with E-state index in [-0.39, 0.29) is 5.91 Å². The summed E-state index contributed by atoms with van der Waals surface area (Å²) < 4.78 is 0.693. The van der Waals surface area contributed by atoms with Gasteiger partial charge < -0.3 is 4.90 Å². The van der Waals surface area contributed by atoms with Gasteiger partial charge in [0.25, 0.3) is 5.91 Å². The van der Waals surface area contributed by atoms with Gasteiger partial charge in [-0.1, -0.05) is 51.2 Å². The summed E-state index contributed by atoms with van der Waals surface area (Å²) in [6, 6.07) is 0. The van der Waals surface area contributed by atoms with Gasteiger partial charge in [0.2, 0.25) is 0 Å². The van der Waals surface area contributed by atoms with E-state index >= 15 is 0 Å². The molecule has 0 spiro atoms. The molecule has 1 amide bonds. The Balaban J connectivity index is 2.09. The predicted octanol–water partition coefficient (Wildman–Crippen LogP) is 3.78. The van der Waals surface area contributed by atoms with Gasteiger partial charge in [-0.2, -0.15) is 0 Å². The molecule has 0 unspecified atom stereocenters. The molecule has 2 heterocycles. The van der Waals surface area contributed by atoms with E-state index in [0.29, 0.717) is 9.74 Å². The second-order valence-electron chi connectivity index (χ2n) is 6.56. The molecule has 2 aliphatic heterocycles. The zero-order chi connectivity index (χ0) is 15.6. The first-order valence-electron chi connectivity index (χ1n) is 7.50. The summed E-state index contributed by atoms with van der Waals surface area (Å²) in [5.41, 5.74) is 1.60. The van der Waals surface area contributed by atoms with E-state index in [1.807, 2.05) is 6.08 Å². The zero-order valence-electron chi connectivity index (χ0n) is 13.3. The number of hydrogen-bond donors (Lipinski definition) is 0. The number of carbonyl (C=O) groups is 1. The molecule has 0 bridgehead atoms. The molecule has 0 atom stereocenters. The molecule has 116 valence electrons. The molecule has 0 N–H and O–H groups in total. The summed E-state index contributed by atoms with van der Waals surface area (Å²) in [7, 11) is 2.11. The fourth-order valence-electron chi connectivity index (χ4n) is 2.81. The normalized spacial score (nSPS) is 25.7. The Hall–Kier alpha value is -0.810. The molecule has 0 radical (unpaired) electrons. The van der Waals surface area contributed by atoms with Gasteiger partial charge in [-0.25, -0.2) is 0 Å². The van der Waals surface area contributed by atoms with Crippen LogP contribution in [0.1, 0.15) is 40.0 Å². The second kappa shape index (κ2) is 6.53. The zero-order valence-corrected chi connectivity index (χ0v) is 14.9. The molecular formula is C16H24N2OS2. The molecule has 21 heavy (non-hydrogen) atoms. The molecule has 3 nitrogen and oxygen atoms in total. The molecule has 0 aromatic carbocycles. The largest absolute Gasteiger partial charge is 0.377 e. The lowest BCUT2D eigenvalue weighted by Crippen LogP contribution is -2.28. The topological polar surface area (TPSA) is 23.6 Å². The van der Waals surface area contributed by atoms with Crippen LogP contribution in [0, 0.1) is 5.41 Å². The Morgan fingerprint density at radius 2 is 2.10 bits per heavy atom. The Kier molecular flexibility index (Phi) is 5.15. The van der Waals surface area contributed by atoms with Crippen molar-refractivity contribution in [2.24, 2.45) is 5.41 Å². The summed E-state index contributed by atoms with van der Waals surface area (Å²) in [5, 5.41) is 0. The third-order valence-corrected chi connectivity index (χ3v) is 5.25. The number of nitrogens with zero attached hydrogens (tertiary/aromatic N) is 2. The summed E-state index contributed by atoms with van der Waals surface area (Å²) in [5.74, 6) is 0.0650. The minimum atomic E-state index is 0.0650. The van der Waals surface area contributed by atoms with Gasteiger partial charge in [0.15, 0.2) is 0 Å². The van der Waals surface area contributed by atoms with Gasteiger partial charge >= 0.3 is 0 Å². The second-order valence-corrected chi connectivity index (χ2v) is 8.24. The van der Waals surface area contributed by atoms with E-state index in [9.17, 15) is 4.79 Å². The first-order valence-corrected chi connectivity index (χ1v) is 8.72. The average molecular weight is 325 g/mol. The van der Waals surface area contributed by atoms with E-state index in [1.165, 1.54) is 17.5 Å². The summed E-state index contributed by atoms with van der Waals surface area (Å²) in [6.07, 6.45) is 7.15. The minimum Gasteiger partial charge on any atom is -0.377 e. The number of amides is 1. The lowest BCUT2D eigenvalue weighted by molar-refractivity contribution is -0.122. The smallest absolute Gasteiger partial charge is 0.266 e. The molecule has 2 fully saturated rings. The number of hydrogen-bond acceptors (Lipinski definition) is 4. The monoisotopic (exact) mass is 324 g/mol. The Bertz CT molecular complexity index is 508. The first-order chi connectivity index (χ1) is 9.84. The lowest BCUT2D eigenvalue weighted by atomic mass is 9.92. The standard InChI is InChI=1S/C16H24N2OS2/c1-5-6-9-18-14(19)13(21-15(18)20)8-7-12-10-16(2,3)11-17(12)4/h7-8H,5-6,9-11H2,1-4H3/b12-7+,13-8+. The molecule has 0 aliphatic carbocycles. The maximum atomic E-state index is 12.3. The highest BCUT2D eigenvalue weighted by Gasteiger charge is 2.32. The van der Waals surface area contributed by atoms with Crippen molar-refractivity contribution in [3.05, 3.63) is 22.8 Å². The van der Waals surface area contributed by atoms with Crippen LogP contribution in [-0.4, -0.2) is 40.2 Å². The van der Waals surface area contributed by atoms with Crippen LogP contribution in [0.4, 0.5) is 0 Å². The van der Waals surface area contributed by atoms with Gasteiger partial charge in [0, 0.05) is 25.8 Å². The molecule has 0 saturated carbocycles. The van der Waals surface area contributed by atoms with Crippen molar-refractivity contribution >= 4 is 34.2 Å². The van der Waals surface area contributed by atoms with Crippen molar-refractivity contribution in [2.45, 2.75) is 40.0 Å². The summed E-state index contributed by atoms with van der Waals surface area (Å²) in [4.78, 5) is 17.1. The van der Waals surface area contributed by atoms with Crippen LogP contribution in [0.15, 0.2) is 22.8 Å². The minimum absolute atomic E-state index is 0.0650. The van der Waals surface area contributed by atoms with Crippen LogP contribution < -0.4 is 0 Å². The molecule has 2 rings (SSSR count). The van der Waals surface area contributed by atoms with Gasteiger partial charge in [0.05, 0.1) is 4.91 Å². The van der Waals surface area contributed by atoms with Gasteiger partial charge in [-0.15, -0.1) is 0 Å². The van der Waals surface area contributed by atoms with E-state index in [0.717, 1.165) is 37.3 Å². The van der Waals surface area contributed by atoms with Gasteiger partial charge in [-0.3, -0.25) is 9.69 Å². The van der Waals surface area contributed by atoms with E-state index in [1.54, 1.807) is 4.90 Å². The fourth-order valence-corrected chi connectivity index (χ4v) is 4.06. The third kappa shape index (κ3) is 3.89. The maximum absolute atomic E-state index is 12.3. The fraction of sp³-hybridized carbons (Fsp3) is 0.625. The summed E-state index contributed by atoms with van der Waals surface area (Å²) >= 11 is 6.74.